The van der Waals surface area contributed by atoms with Gasteiger partial charge in [0.1, 0.15) is 0 Å². The minimum atomic E-state index is -1.76. The van der Waals surface area contributed by atoms with Gasteiger partial charge in [0.25, 0.3) is 0 Å². The quantitative estimate of drug-likeness (QED) is 0.561. The molecule has 2 unspecified atom stereocenters. The van der Waals surface area contributed by atoms with E-state index in [2.05, 4.69) is 15.9 Å². The molecule has 0 amide bonds. The summed E-state index contributed by atoms with van der Waals surface area (Å²) in [5, 5.41) is 27.3. The average Bonchev–Trinajstić information content (AvgIpc) is 2.35. The number of carbonyl (C=O) groups is 2. The Morgan fingerprint density at radius 3 is 2.44 bits per heavy atom. The number of carboxylic acid groups (broad SMARTS) is 1. The van der Waals surface area contributed by atoms with Crippen LogP contribution in [-0.4, -0.2) is 31.9 Å². The van der Waals surface area contributed by atoms with Gasteiger partial charge in [-0.25, -0.2) is 4.79 Å². The lowest BCUT2D eigenvalue weighted by molar-refractivity contribution is -0.146. The summed E-state index contributed by atoms with van der Waals surface area (Å²) in [4.78, 5) is 22.2. The van der Waals surface area contributed by atoms with Crippen molar-refractivity contribution in [2.45, 2.75) is 24.5 Å². The molecule has 0 aliphatic carbocycles. The zero-order valence-electron chi connectivity index (χ0n) is 9.63. The number of hydrogen-bond acceptors (Lipinski definition) is 4. The van der Waals surface area contributed by atoms with E-state index < -0.39 is 16.9 Å². The number of aliphatic carboxylic acids is 1. The van der Waals surface area contributed by atoms with Gasteiger partial charge in [-0.1, -0.05) is 28.1 Å². The highest BCUT2D eigenvalue weighted by atomic mass is 79.9. The molecule has 0 aromatic heterocycles. The second-order valence-electron chi connectivity index (χ2n) is 3.80. The molecular weight excluding hydrogens is 304 g/mol. The average molecular weight is 317 g/mol. The Labute approximate surface area is 112 Å². The molecule has 98 valence electrons. The van der Waals surface area contributed by atoms with Crippen LogP contribution in [0.25, 0.3) is 0 Å². The first kappa shape index (κ1) is 14.8. The van der Waals surface area contributed by atoms with E-state index in [1.54, 1.807) is 6.92 Å². The van der Waals surface area contributed by atoms with Gasteiger partial charge in [-0.05, 0) is 18.6 Å². The van der Waals surface area contributed by atoms with Crippen molar-refractivity contribution in [2.24, 2.45) is 0 Å². The molecule has 5 nitrogen and oxygen atoms in total. The number of aliphatic hydroxyl groups is 2. The number of aliphatic hydroxyl groups excluding tert-OH is 2. The number of benzene rings is 1. The van der Waals surface area contributed by atoms with Crippen molar-refractivity contribution in [3.05, 3.63) is 34.9 Å². The fraction of sp³-hybridized carbons (Fsp3) is 0.333. The van der Waals surface area contributed by atoms with Gasteiger partial charge >= 0.3 is 5.97 Å². The molecule has 6 heteroatoms. The van der Waals surface area contributed by atoms with Gasteiger partial charge in [-0.2, -0.15) is 0 Å². The number of carbonyl (C=O) groups excluding carboxylic acids is 1. The molecular formula is C12H13BrO5. The smallest absolute Gasteiger partial charge is 0.337 e. The molecule has 0 heterocycles. The molecule has 0 fully saturated rings. The van der Waals surface area contributed by atoms with Crippen LogP contribution in [0.2, 0.25) is 0 Å². The zero-order chi connectivity index (χ0) is 13.9. The maximum atomic E-state index is 11.9. The molecule has 1 aromatic rings. The van der Waals surface area contributed by atoms with Crippen molar-refractivity contribution >= 4 is 27.7 Å². The van der Waals surface area contributed by atoms with E-state index in [1.807, 2.05) is 0 Å². The molecule has 0 saturated heterocycles. The lowest BCUT2D eigenvalue weighted by Crippen LogP contribution is -2.19. The van der Waals surface area contributed by atoms with E-state index in [9.17, 15) is 14.7 Å². The van der Waals surface area contributed by atoms with Crippen LogP contribution in [0.5, 0.6) is 0 Å². The third-order valence-corrected chi connectivity index (χ3v) is 2.87. The number of carboxylic acids is 1. The Morgan fingerprint density at radius 2 is 2.00 bits per heavy atom. The first-order valence-electron chi connectivity index (χ1n) is 5.21. The zero-order valence-corrected chi connectivity index (χ0v) is 11.2. The van der Waals surface area contributed by atoms with Gasteiger partial charge < -0.3 is 15.3 Å². The molecule has 2 atom stereocenters. The van der Waals surface area contributed by atoms with Crippen LogP contribution in [0.15, 0.2) is 18.2 Å². The lowest BCUT2D eigenvalue weighted by Gasteiger charge is -2.14. The van der Waals surface area contributed by atoms with Gasteiger partial charge in [0.05, 0.1) is 11.4 Å². The van der Waals surface area contributed by atoms with Crippen molar-refractivity contribution < 1.29 is 24.9 Å². The van der Waals surface area contributed by atoms with E-state index in [1.165, 1.54) is 18.2 Å². The molecule has 18 heavy (non-hydrogen) atoms. The van der Waals surface area contributed by atoms with Crippen molar-refractivity contribution in [3.63, 3.8) is 0 Å². The van der Waals surface area contributed by atoms with Crippen LogP contribution in [0, 0.1) is 0 Å². The molecule has 0 aliphatic rings. The van der Waals surface area contributed by atoms with E-state index >= 15 is 0 Å². The number of hydrogen-bond donors (Lipinski definition) is 3. The second-order valence-corrected chi connectivity index (χ2v) is 5.17. The first-order chi connectivity index (χ1) is 8.38. The van der Waals surface area contributed by atoms with Gasteiger partial charge in [-0.3, -0.25) is 4.79 Å². The van der Waals surface area contributed by atoms with Gasteiger partial charge in [0.15, 0.2) is 11.9 Å². The Balaban J connectivity index is 3.33. The topological polar surface area (TPSA) is 94.8 Å². The van der Waals surface area contributed by atoms with Crippen LogP contribution in [0.3, 0.4) is 0 Å². The highest BCUT2D eigenvalue weighted by Gasteiger charge is 2.24. The molecule has 0 bridgehead atoms. The van der Waals surface area contributed by atoms with Crippen LogP contribution in [0.1, 0.15) is 34.5 Å². The molecule has 0 saturated carbocycles. The van der Waals surface area contributed by atoms with Gasteiger partial charge in [0, 0.05) is 11.1 Å². The van der Waals surface area contributed by atoms with Crippen molar-refractivity contribution in [2.75, 3.05) is 0 Å². The largest absolute Gasteiger partial charge is 0.479 e. The molecule has 0 aliphatic heterocycles. The van der Waals surface area contributed by atoms with E-state index in [4.69, 9.17) is 10.2 Å². The summed E-state index contributed by atoms with van der Waals surface area (Å²) < 4.78 is 0. The van der Waals surface area contributed by atoms with Crippen LogP contribution < -0.4 is 0 Å². The molecule has 0 spiro atoms. The summed E-state index contributed by atoms with van der Waals surface area (Å²) in [5.74, 6) is -1.77. The maximum Gasteiger partial charge on any atom is 0.337 e. The normalized spacial score (nSPS) is 14.0. The summed E-state index contributed by atoms with van der Waals surface area (Å²) in [6, 6.07) is 4.20. The Hall–Kier alpha value is -1.24. The Kier molecular flexibility index (Phi) is 5.01. The standard InChI is InChI=1S/C12H13BrO5/c1-6(13)10(15)9-4-7(5-14)2-3-8(9)11(16)12(17)18/h2-4,6,11,14,16H,5H2,1H3,(H,17,18). The Morgan fingerprint density at radius 1 is 1.39 bits per heavy atom. The number of Topliss-reactive ketones (excluding diaryl/α,β-unsaturated/α-hetero) is 1. The van der Waals surface area contributed by atoms with Crippen molar-refractivity contribution in [1.29, 1.82) is 0 Å². The van der Waals surface area contributed by atoms with Crippen LogP contribution in [0.4, 0.5) is 0 Å². The minimum absolute atomic E-state index is 0.0241. The van der Waals surface area contributed by atoms with Crippen LogP contribution in [-0.2, 0) is 11.4 Å². The molecule has 3 N–H and O–H groups in total. The highest BCUT2D eigenvalue weighted by Crippen LogP contribution is 2.23. The van der Waals surface area contributed by atoms with E-state index in [-0.39, 0.29) is 23.5 Å². The Bertz CT molecular complexity index is 470. The summed E-state index contributed by atoms with van der Waals surface area (Å²) in [6.45, 7) is 1.34. The van der Waals surface area contributed by atoms with Crippen molar-refractivity contribution in [3.8, 4) is 0 Å². The highest BCUT2D eigenvalue weighted by molar-refractivity contribution is 9.10. The number of ketones is 1. The third-order valence-electron chi connectivity index (χ3n) is 2.46. The number of alkyl halides is 1. The lowest BCUT2D eigenvalue weighted by atomic mass is 9.95. The predicted molar refractivity (Wildman–Crippen MR) is 67.7 cm³/mol. The summed E-state index contributed by atoms with van der Waals surface area (Å²) in [7, 11) is 0. The molecule has 1 aromatic carbocycles. The van der Waals surface area contributed by atoms with Gasteiger partial charge in [-0.15, -0.1) is 0 Å². The second kappa shape index (κ2) is 6.08. The van der Waals surface area contributed by atoms with E-state index in [0.29, 0.717) is 5.56 Å². The summed E-state index contributed by atoms with van der Waals surface area (Å²) in [5.41, 5.74) is 0.602. The van der Waals surface area contributed by atoms with E-state index in [0.717, 1.165) is 0 Å². The van der Waals surface area contributed by atoms with Crippen LogP contribution >= 0.6 is 15.9 Å². The maximum absolute atomic E-state index is 11.9. The number of rotatable bonds is 5. The first-order valence-corrected chi connectivity index (χ1v) is 6.13. The fourth-order valence-corrected chi connectivity index (χ4v) is 1.75. The van der Waals surface area contributed by atoms with Crippen molar-refractivity contribution in [1.82, 2.24) is 0 Å². The molecule has 1 rings (SSSR count). The predicted octanol–water partition coefficient (Wildman–Crippen LogP) is 1.26. The summed E-state index contributed by atoms with van der Waals surface area (Å²) in [6.07, 6.45) is -1.76. The summed E-state index contributed by atoms with van der Waals surface area (Å²) >= 11 is 3.10. The number of halogens is 1. The minimum Gasteiger partial charge on any atom is -0.479 e. The SMILES string of the molecule is CC(Br)C(=O)c1cc(CO)ccc1C(O)C(=O)O. The monoisotopic (exact) mass is 316 g/mol. The third kappa shape index (κ3) is 3.16. The molecule has 0 radical (unpaired) electrons. The fourth-order valence-electron chi connectivity index (χ4n) is 1.50. The van der Waals surface area contributed by atoms with Gasteiger partial charge in [0.2, 0.25) is 0 Å².